The van der Waals surface area contributed by atoms with E-state index < -0.39 is 0 Å². The molecule has 2 aliphatic carbocycles. The fourth-order valence-electron chi connectivity index (χ4n) is 5.65. The Balaban J connectivity index is 1.39. The first kappa shape index (κ1) is 16.8. The van der Waals surface area contributed by atoms with Crippen LogP contribution in [-0.2, 0) is 4.79 Å². The molecule has 2 saturated carbocycles. The van der Waals surface area contributed by atoms with Crippen LogP contribution in [0.2, 0.25) is 0 Å². The van der Waals surface area contributed by atoms with Crippen LogP contribution in [0, 0.1) is 23.7 Å². The van der Waals surface area contributed by atoms with E-state index in [1.807, 2.05) is 0 Å². The number of piperidine rings is 1. The molecule has 1 amide bonds. The predicted octanol–water partition coefficient (Wildman–Crippen LogP) is 2.44. The van der Waals surface area contributed by atoms with Gasteiger partial charge in [-0.25, -0.2) is 0 Å². The monoisotopic (exact) mass is 333 g/mol. The van der Waals surface area contributed by atoms with Crippen LogP contribution in [-0.4, -0.2) is 36.6 Å². The molecule has 0 spiro atoms. The van der Waals surface area contributed by atoms with Gasteiger partial charge in [-0.15, -0.1) is 0 Å². The van der Waals surface area contributed by atoms with Crippen molar-refractivity contribution < 1.29 is 4.79 Å². The highest BCUT2D eigenvalue weighted by molar-refractivity contribution is 5.82. The van der Waals surface area contributed by atoms with Crippen molar-refractivity contribution in [2.75, 3.05) is 6.54 Å². The lowest BCUT2D eigenvalue weighted by Crippen LogP contribution is -2.58. The van der Waals surface area contributed by atoms with Gasteiger partial charge in [0.25, 0.3) is 0 Å². The van der Waals surface area contributed by atoms with Gasteiger partial charge in [-0.1, -0.05) is 20.3 Å². The number of carbonyl (C=O) groups excluding carboxylic acids is 1. The Morgan fingerprint density at radius 1 is 1.04 bits per heavy atom. The number of carbonyl (C=O) groups is 1. The first-order valence-electron chi connectivity index (χ1n) is 10.4. The third-order valence-electron chi connectivity index (χ3n) is 7.26. The largest absolute Gasteiger partial charge is 0.350 e. The molecule has 4 nitrogen and oxygen atoms in total. The van der Waals surface area contributed by atoms with Crippen molar-refractivity contribution >= 4 is 5.91 Å². The molecule has 0 aromatic carbocycles. The SMILES string of the molecule is CC1CCCC2CC(C(=O)NC(C3CC3)C3NCCCC3C)NC12. The smallest absolute Gasteiger partial charge is 0.237 e. The standard InChI is InChI=1S/C20H35N3O/c1-12-5-3-7-15-11-16(22-17(12)15)20(24)23-19(14-8-9-14)18-13(2)6-4-10-21-18/h12-19,21-22H,3-11H2,1-2H3,(H,23,24). The van der Waals surface area contributed by atoms with Crippen molar-refractivity contribution in [2.24, 2.45) is 23.7 Å². The van der Waals surface area contributed by atoms with Crippen LogP contribution in [0.15, 0.2) is 0 Å². The van der Waals surface area contributed by atoms with Gasteiger partial charge in [-0.05, 0) is 75.2 Å². The van der Waals surface area contributed by atoms with Crippen molar-refractivity contribution in [3.63, 3.8) is 0 Å². The zero-order valence-electron chi connectivity index (χ0n) is 15.4. The van der Waals surface area contributed by atoms with Crippen LogP contribution in [0.25, 0.3) is 0 Å². The summed E-state index contributed by atoms with van der Waals surface area (Å²) >= 11 is 0. The van der Waals surface area contributed by atoms with Gasteiger partial charge in [-0.3, -0.25) is 4.79 Å². The molecule has 4 heteroatoms. The molecule has 3 N–H and O–H groups in total. The number of amides is 1. The van der Waals surface area contributed by atoms with Gasteiger partial charge in [0.05, 0.1) is 6.04 Å². The average Bonchev–Trinajstić information content (AvgIpc) is 3.31. The zero-order chi connectivity index (χ0) is 16.7. The van der Waals surface area contributed by atoms with Gasteiger partial charge in [0, 0.05) is 18.1 Å². The van der Waals surface area contributed by atoms with E-state index in [4.69, 9.17) is 0 Å². The Morgan fingerprint density at radius 3 is 2.54 bits per heavy atom. The summed E-state index contributed by atoms with van der Waals surface area (Å²) in [7, 11) is 0. The van der Waals surface area contributed by atoms with Crippen LogP contribution in [0.1, 0.15) is 65.2 Å². The van der Waals surface area contributed by atoms with E-state index in [1.165, 1.54) is 44.9 Å². The molecular formula is C20H35N3O. The maximum absolute atomic E-state index is 13.0. The summed E-state index contributed by atoms with van der Waals surface area (Å²) in [5.74, 6) is 3.09. The number of nitrogens with one attached hydrogen (secondary N) is 3. The van der Waals surface area contributed by atoms with Gasteiger partial charge in [-0.2, -0.15) is 0 Å². The number of rotatable bonds is 4. The molecule has 7 unspecified atom stereocenters. The van der Waals surface area contributed by atoms with Crippen LogP contribution < -0.4 is 16.0 Å². The molecule has 7 atom stereocenters. The van der Waals surface area contributed by atoms with E-state index in [1.54, 1.807) is 0 Å². The van der Waals surface area contributed by atoms with E-state index in [0.717, 1.165) is 24.8 Å². The second kappa shape index (κ2) is 6.95. The van der Waals surface area contributed by atoms with Crippen LogP contribution in [0.4, 0.5) is 0 Å². The lowest BCUT2D eigenvalue weighted by molar-refractivity contribution is -0.124. The molecule has 24 heavy (non-hydrogen) atoms. The van der Waals surface area contributed by atoms with E-state index in [0.29, 0.717) is 30.0 Å². The third kappa shape index (κ3) is 3.37. The predicted molar refractivity (Wildman–Crippen MR) is 96.7 cm³/mol. The van der Waals surface area contributed by atoms with Gasteiger partial charge in [0.15, 0.2) is 0 Å². The maximum atomic E-state index is 13.0. The Morgan fingerprint density at radius 2 is 1.83 bits per heavy atom. The highest BCUT2D eigenvalue weighted by Crippen LogP contribution is 2.39. The molecule has 2 heterocycles. The summed E-state index contributed by atoms with van der Waals surface area (Å²) in [4.78, 5) is 13.0. The van der Waals surface area contributed by atoms with E-state index >= 15 is 0 Å². The second-order valence-corrected chi connectivity index (χ2v) is 9.12. The van der Waals surface area contributed by atoms with Crippen LogP contribution in [0.5, 0.6) is 0 Å². The normalized spacial score (nSPS) is 43.9. The van der Waals surface area contributed by atoms with Crippen molar-refractivity contribution in [2.45, 2.75) is 89.4 Å². The number of hydrogen-bond donors (Lipinski definition) is 3. The summed E-state index contributed by atoms with van der Waals surface area (Å²) in [5.41, 5.74) is 0. The molecule has 4 rings (SSSR count). The molecule has 0 bridgehead atoms. The minimum absolute atomic E-state index is 0.0423. The Hall–Kier alpha value is -0.610. The highest BCUT2D eigenvalue weighted by atomic mass is 16.2. The minimum Gasteiger partial charge on any atom is -0.350 e. The molecule has 4 aliphatic rings. The fraction of sp³-hybridized carbons (Fsp3) is 0.950. The van der Waals surface area contributed by atoms with Crippen molar-refractivity contribution in [3.05, 3.63) is 0 Å². The first-order chi connectivity index (χ1) is 11.6. The lowest BCUT2D eigenvalue weighted by atomic mass is 9.78. The van der Waals surface area contributed by atoms with Crippen LogP contribution >= 0.6 is 0 Å². The average molecular weight is 334 g/mol. The summed E-state index contributed by atoms with van der Waals surface area (Å²) in [6.45, 7) is 5.81. The summed E-state index contributed by atoms with van der Waals surface area (Å²) in [5, 5.41) is 10.9. The zero-order valence-corrected chi connectivity index (χ0v) is 15.4. The van der Waals surface area contributed by atoms with Gasteiger partial charge < -0.3 is 16.0 Å². The fourth-order valence-corrected chi connectivity index (χ4v) is 5.65. The molecule has 0 aromatic heterocycles. The molecule has 2 saturated heterocycles. The third-order valence-corrected chi connectivity index (χ3v) is 7.26. The quantitative estimate of drug-likeness (QED) is 0.741. The minimum atomic E-state index is 0.0423. The van der Waals surface area contributed by atoms with Gasteiger partial charge in [0.1, 0.15) is 0 Å². The summed E-state index contributed by atoms with van der Waals surface area (Å²) in [6.07, 6.45) is 10.1. The topological polar surface area (TPSA) is 53.2 Å². The van der Waals surface area contributed by atoms with Gasteiger partial charge >= 0.3 is 0 Å². The Labute approximate surface area is 146 Å². The molecule has 4 fully saturated rings. The first-order valence-corrected chi connectivity index (χ1v) is 10.4. The van der Waals surface area contributed by atoms with Crippen LogP contribution in [0.3, 0.4) is 0 Å². The van der Waals surface area contributed by atoms with Gasteiger partial charge in [0.2, 0.25) is 5.91 Å². The Bertz CT molecular complexity index is 464. The number of fused-ring (bicyclic) bond motifs is 1. The lowest BCUT2D eigenvalue weighted by Gasteiger charge is -2.37. The Kier molecular flexibility index (Phi) is 4.88. The number of hydrogen-bond acceptors (Lipinski definition) is 3. The van der Waals surface area contributed by atoms with Crippen molar-refractivity contribution in [3.8, 4) is 0 Å². The molecular weight excluding hydrogens is 298 g/mol. The van der Waals surface area contributed by atoms with E-state index in [-0.39, 0.29) is 11.9 Å². The summed E-state index contributed by atoms with van der Waals surface area (Å²) in [6, 6.07) is 1.42. The molecule has 2 aliphatic heterocycles. The molecule has 0 aromatic rings. The summed E-state index contributed by atoms with van der Waals surface area (Å²) < 4.78 is 0. The maximum Gasteiger partial charge on any atom is 0.237 e. The second-order valence-electron chi connectivity index (χ2n) is 9.12. The molecule has 0 radical (unpaired) electrons. The van der Waals surface area contributed by atoms with Crippen molar-refractivity contribution in [1.82, 2.24) is 16.0 Å². The highest BCUT2D eigenvalue weighted by Gasteiger charge is 2.44. The molecule has 136 valence electrons. The van der Waals surface area contributed by atoms with Crippen molar-refractivity contribution in [1.29, 1.82) is 0 Å². The van der Waals surface area contributed by atoms with E-state index in [2.05, 4.69) is 29.8 Å². The van der Waals surface area contributed by atoms with E-state index in [9.17, 15) is 4.79 Å².